The van der Waals surface area contributed by atoms with Crippen LogP contribution in [0.5, 0.6) is 0 Å². The van der Waals surface area contributed by atoms with Crippen molar-refractivity contribution < 1.29 is 29.0 Å². The van der Waals surface area contributed by atoms with E-state index in [-0.39, 0.29) is 13.0 Å². The number of rotatable bonds is 4. The van der Waals surface area contributed by atoms with E-state index in [0.717, 1.165) is 4.90 Å². The first kappa shape index (κ1) is 20.9. The lowest BCUT2D eigenvalue weighted by molar-refractivity contribution is -0.150. The summed E-state index contributed by atoms with van der Waals surface area (Å²) in [5, 5.41) is 11.9. The van der Waals surface area contributed by atoms with Gasteiger partial charge in [0.25, 0.3) is 0 Å². The number of aliphatic carboxylic acids is 1. The molecule has 3 atom stereocenters. The lowest BCUT2D eigenvalue weighted by Crippen LogP contribution is -2.57. The zero-order valence-electron chi connectivity index (χ0n) is 15.7. The number of nitrogens with zero attached hydrogens (tertiary/aromatic N) is 1. The van der Waals surface area contributed by atoms with Crippen molar-refractivity contribution in [2.75, 3.05) is 6.54 Å². The van der Waals surface area contributed by atoms with Gasteiger partial charge in [-0.05, 0) is 32.6 Å². The van der Waals surface area contributed by atoms with Crippen molar-refractivity contribution in [3.63, 3.8) is 0 Å². The molecule has 142 valence electrons. The van der Waals surface area contributed by atoms with Crippen molar-refractivity contribution in [1.29, 1.82) is 0 Å². The maximum Gasteiger partial charge on any atom is 0.408 e. The quantitative estimate of drug-likeness (QED) is 0.737. The van der Waals surface area contributed by atoms with E-state index < -0.39 is 47.0 Å². The Morgan fingerprint density at radius 3 is 2.16 bits per heavy atom. The molecule has 1 rings (SSSR count). The smallest absolute Gasteiger partial charge is 0.408 e. The van der Waals surface area contributed by atoms with Crippen LogP contribution in [0.15, 0.2) is 0 Å². The molecule has 0 spiro atoms. The highest BCUT2D eigenvalue weighted by atomic mass is 16.6. The number of hydrogen-bond acceptors (Lipinski definition) is 5. The second kappa shape index (κ2) is 7.41. The van der Waals surface area contributed by atoms with Gasteiger partial charge in [-0.3, -0.25) is 4.79 Å². The number of amides is 2. The molecule has 0 aliphatic carbocycles. The van der Waals surface area contributed by atoms with Crippen molar-refractivity contribution in [1.82, 2.24) is 10.2 Å². The SMILES string of the molecule is CC(C)(C)OC(=O)N[C@H](C(=O)N1C[C@H](C=O)C[C@H]1C(=O)O)C(C)(C)C. The van der Waals surface area contributed by atoms with E-state index in [1.54, 1.807) is 41.5 Å². The molecular weight excluding hydrogens is 328 g/mol. The van der Waals surface area contributed by atoms with Crippen LogP contribution in [-0.2, 0) is 19.1 Å². The zero-order chi connectivity index (χ0) is 19.6. The number of alkyl carbamates (subject to hydrolysis) is 1. The molecule has 2 amide bonds. The van der Waals surface area contributed by atoms with Crippen LogP contribution in [0.3, 0.4) is 0 Å². The van der Waals surface area contributed by atoms with Gasteiger partial charge in [0.2, 0.25) is 5.91 Å². The summed E-state index contributed by atoms with van der Waals surface area (Å²) in [5.74, 6) is -2.22. The fourth-order valence-electron chi connectivity index (χ4n) is 2.68. The van der Waals surface area contributed by atoms with Gasteiger partial charge in [-0.2, -0.15) is 0 Å². The number of aldehydes is 1. The Morgan fingerprint density at radius 1 is 1.20 bits per heavy atom. The molecule has 0 radical (unpaired) electrons. The minimum absolute atomic E-state index is 0.0296. The topological polar surface area (TPSA) is 113 Å². The fraction of sp³-hybridized carbons (Fsp3) is 0.765. The summed E-state index contributed by atoms with van der Waals surface area (Å²) in [4.78, 5) is 48.7. The van der Waals surface area contributed by atoms with Gasteiger partial charge in [-0.1, -0.05) is 20.8 Å². The van der Waals surface area contributed by atoms with Crippen LogP contribution in [0.2, 0.25) is 0 Å². The Morgan fingerprint density at radius 2 is 1.76 bits per heavy atom. The Balaban J connectivity index is 3.02. The lowest BCUT2D eigenvalue weighted by atomic mass is 9.85. The van der Waals surface area contributed by atoms with Crippen molar-refractivity contribution in [2.45, 2.75) is 65.6 Å². The summed E-state index contributed by atoms with van der Waals surface area (Å²) in [7, 11) is 0. The molecule has 0 unspecified atom stereocenters. The van der Waals surface area contributed by atoms with Gasteiger partial charge < -0.3 is 24.9 Å². The van der Waals surface area contributed by atoms with E-state index in [1.807, 2.05) is 0 Å². The summed E-state index contributed by atoms with van der Waals surface area (Å²) < 4.78 is 5.20. The average Bonchev–Trinajstić information content (AvgIpc) is 2.85. The van der Waals surface area contributed by atoms with Crippen LogP contribution in [-0.4, -0.2) is 58.5 Å². The number of carboxylic acids is 1. The first-order valence-corrected chi connectivity index (χ1v) is 8.24. The monoisotopic (exact) mass is 356 g/mol. The van der Waals surface area contributed by atoms with Crippen molar-refractivity contribution in [3.8, 4) is 0 Å². The van der Waals surface area contributed by atoms with Crippen LogP contribution in [0.4, 0.5) is 4.79 Å². The van der Waals surface area contributed by atoms with E-state index in [1.165, 1.54) is 0 Å². The summed E-state index contributed by atoms with van der Waals surface area (Å²) >= 11 is 0. The third-order valence-corrected chi connectivity index (χ3v) is 3.87. The first-order valence-electron chi connectivity index (χ1n) is 8.24. The fourth-order valence-corrected chi connectivity index (χ4v) is 2.68. The number of nitrogens with one attached hydrogen (secondary N) is 1. The molecule has 0 bridgehead atoms. The summed E-state index contributed by atoms with van der Waals surface area (Å²) in [6, 6.07) is -2.05. The first-order chi connectivity index (χ1) is 11.3. The highest BCUT2D eigenvalue weighted by molar-refractivity contribution is 5.91. The number of hydrogen-bond donors (Lipinski definition) is 2. The lowest BCUT2D eigenvalue weighted by Gasteiger charge is -2.35. The molecule has 2 N–H and O–H groups in total. The Bertz CT molecular complexity index is 546. The standard InChI is InChI=1S/C17H28N2O6/c1-16(2,3)12(18-15(24)25-17(4,5)6)13(21)19-8-10(9-20)7-11(19)14(22)23/h9-12H,7-8H2,1-6H3,(H,18,24)(H,22,23)/t10-,11+,12-/m1/s1. The van der Waals surface area contributed by atoms with Gasteiger partial charge in [0.1, 0.15) is 24.0 Å². The Labute approximate surface area is 147 Å². The van der Waals surface area contributed by atoms with Crippen LogP contribution < -0.4 is 5.32 Å². The third-order valence-electron chi connectivity index (χ3n) is 3.87. The molecule has 1 fully saturated rings. The molecule has 1 saturated heterocycles. The van der Waals surface area contributed by atoms with E-state index in [0.29, 0.717) is 6.29 Å². The van der Waals surface area contributed by atoms with Crippen LogP contribution in [0.1, 0.15) is 48.0 Å². The highest BCUT2D eigenvalue weighted by Crippen LogP contribution is 2.28. The van der Waals surface area contributed by atoms with Gasteiger partial charge in [-0.25, -0.2) is 9.59 Å². The minimum atomic E-state index is -1.16. The minimum Gasteiger partial charge on any atom is -0.480 e. The molecule has 0 aromatic rings. The third kappa shape index (κ3) is 5.72. The van der Waals surface area contributed by atoms with Crippen molar-refractivity contribution in [3.05, 3.63) is 0 Å². The van der Waals surface area contributed by atoms with Gasteiger partial charge in [0.15, 0.2) is 0 Å². The Hall–Kier alpha value is -2.12. The summed E-state index contributed by atoms with van der Waals surface area (Å²) in [6.07, 6.45) is -0.0106. The molecule has 8 nitrogen and oxygen atoms in total. The van der Waals surface area contributed by atoms with Crippen LogP contribution in [0.25, 0.3) is 0 Å². The highest BCUT2D eigenvalue weighted by Gasteiger charge is 2.45. The van der Waals surface area contributed by atoms with Crippen molar-refractivity contribution >= 4 is 24.3 Å². The summed E-state index contributed by atoms with van der Waals surface area (Å²) in [5.41, 5.74) is -1.40. The molecule has 0 aromatic carbocycles. The predicted molar refractivity (Wildman–Crippen MR) is 89.9 cm³/mol. The van der Waals surface area contributed by atoms with Gasteiger partial charge in [-0.15, -0.1) is 0 Å². The molecule has 0 saturated carbocycles. The number of carbonyl (C=O) groups excluding carboxylic acids is 3. The molecule has 8 heteroatoms. The largest absolute Gasteiger partial charge is 0.480 e. The average molecular weight is 356 g/mol. The molecule has 25 heavy (non-hydrogen) atoms. The maximum atomic E-state index is 12.9. The van der Waals surface area contributed by atoms with E-state index in [9.17, 15) is 24.3 Å². The predicted octanol–water partition coefficient (Wildman–Crippen LogP) is 1.43. The molecule has 0 aromatic heterocycles. The normalized spacial score (nSPS) is 22.2. The number of carbonyl (C=O) groups is 4. The van der Waals surface area contributed by atoms with Gasteiger partial charge >= 0.3 is 12.1 Å². The van der Waals surface area contributed by atoms with E-state index >= 15 is 0 Å². The maximum absolute atomic E-state index is 12.9. The molecular formula is C17H28N2O6. The number of likely N-dealkylation sites (tertiary alicyclic amines) is 1. The zero-order valence-corrected chi connectivity index (χ0v) is 15.7. The number of ether oxygens (including phenoxy) is 1. The van der Waals surface area contributed by atoms with Gasteiger partial charge in [0, 0.05) is 12.5 Å². The molecule has 1 aliphatic heterocycles. The second-order valence-electron chi connectivity index (χ2n) is 8.42. The van der Waals surface area contributed by atoms with Crippen LogP contribution >= 0.6 is 0 Å². The van der Waals surface area contributed by atoms with E-state index in [4.69, 9.17) is 4.74 Å². The van der Waals surface area contributed by atoms with E-state index in [2.05, 4.69) is 5.32 Å². The van der Waals surface area contributed by atoms with Crippen LogP contribution in [0, 0.1) is 11.3 Å². The number of carboxylic acid groups (broad SMARTS) is 1. The Kier molecular flexibility index (Phi) is 6.20. The second-order valence-corrected chi connectivity index (χ2v) is 8.42. The van der Waals surface area contributed by atoms with Gasteiger partial charge in [0.05, 0.1) is 0 Å². The van der Waals surface area contributed by atoms with Crippen molar-refractivity contribution in [2.24, 2.45) is 11.3 Å². The molecule has 1 aliphatic rings. The summed E-state index contributed by atoms with van der Waals surface area (Å²) in [6.45, 7) is 10.4. The molecule has 1 heterocycles.